The maximum absolute atomic E-state index is 12.9. The van der Waals surface area contributed by atoms with E-state index in [2.05, 4.69) is 5.32 Å². The Morgan fingerprint density at radius 3 is 2.76 bits per heavy atom. The zero-order valence-corrected chi connectivity index (χ0v) is 11.9. The fourth-order valence-corrected chi connectivity index (χ4v) is 2.59. The van der Waals surface area contributed by atoms with Gasteiger partial charge in [0.2, 0.25) is 0 Å². The van der Waals surface area contributed by atoms with Crippen LogP contribution in [0.5, 0.6) is 0 Å². The lowest BCUT2D eigenvalue weighted by Crippen LogP contribution is -2.26. The predicted octanol–water partition coefficient (Wildman–Crippen LogP) is 3.07. The molecule has 3 nitrogen and oxygen atoms in total. The molecule has 108 valence electrons. The van der Waals surface area contributed by atoms with E-state index in [1.165, 1.54) is 17.7 Å². The van der Waals surface area contributed by atoms with Crippen LogP contribution < -0.4 is 5.32 Å². The molecule has 0 aromatic heterocycles. The summed E-state index contributed by atoms with van der Waals surface area (Å²) in [5.74, 6) is -0.284. The SMILES string of the molecule is CN(Cc1ccc(F)cc1)C(=O)c1ccc2c(c1)CCN2. The molecule has 0 saturated carbocycles. The molecule has 0 fully saturated rings. The number of anilines is 1. The molecule has 1 heterocycles. The molecule has 1 N–H and O–H groups in total. The zero-order chi connectivity index (χ0) is 14.8. The van der Waals surface area contributed by atoms with Crippen molar-refractivity contribution in [1.82, 2.24) is 4.90 Å². The summed E-state index contributed by atoms with van der Waals surface area (Å²) in [6.07, 6.45) is 0.956. The number of benzene rings is 2. The van der Waals surface area contributed by atoms with Gasteiger partial charge in [-0.15, -0.1) is 0 Å². The highest BCUT2D eigenvalue weighted by Gasteiger charge is 2.16. The third-order valence-corrected chi connectivity index (χ3v) is 3.74. The highest BCUT2D eigenvalue weighted by molar-refractivity contribution is 5.94. The number of halogens is 1. The van der Waals surface area contributed by atoms with Crippen LogP contribution in [0.2, 0.25) is 0 Å². The number of rotatable bonds is 3. The summed E-state index contributed by atoms with van der Waals surface area (Å²) < 4.78 is 12.9. The van der Waals surface area contributed by atoms with Crippen molar-refractivity contribution in [2.24, 2.45) is 0 Å². The summed E-state index contributed by atoms with van der Waals surface area (Å²) in [6, 6.07) is 12.0. The van der Waals surface area contributed by atoms with Crippen molar-refractivity contribution >= 4 is 11.6 Å². The molecule has 1 aliphatic rings. The highest BCUT2D eigenvalue weighted by Crippen LogP contribution is 2.23. The molecule has 0 unspecified atom stereocenters. The summed E-state index contributed by atoms with van der Waals surface area (Å²) in [5.41, 5.74) is 3.92. The third kappa shape index (κ3) is 2.89. The Balaban J connectivity index is 1.73. The van der Waals surface area contributed by atoms with Crippen molar-refractivity contribution in [2.45, 2.75) is 13.0 Å². The molecule has 1 aliphatic heterocycles. The van der Waals surface area contributed by atoms with Crippen molar-refractivity contribution in [3.05, 3.63) is 65.0 Å². The van der Waals surface area contributed by atoms with Gasteiger partial charge in [-0.2, -0.15) is 0 Å². The minimum Gasteiger partial charge on any atom is -0.384 e. The fraction of sp³-hybridized carbons (Fsp3) is 0.235. The molecule has 0 bridgehead atoms. The number of hydrogen-bond acceptors (Lipinski definition) is 2. The summed E-state index contributed by atoms with van der Waals surface area (Å²) in [6.45, 7) is 1.40. The van der Waals surface area contributed by atoms with Crippen LogP contribution >= 0.6 is 0 Å². The van der Waals surface area contributed by atoms with Crippen LogP contribution in [0, 0.1) is 5.82 Å². The van der Waals surface area contributed by atoms with E-state index in [1.54, 1.807) is 24.1 Å². The van der Waals surface area contributed by atoms with Crippen molar-refractivity contribution in [3.8, 4) is 0 Å². The van der Waals surface area contributed by atoms with Crippen molar-refractivity contribution in [2.75, 3.05) is 18.9 Å². The highest BCUT2D eigenvalue weighted by atomic mass is 19.1. The maximum Gasteiger partial charge on any atom is 0.253 e. The van der Waals surface area contributed by atoms with Gasteiger partial charge < -0.3 is 10.2 Å². The van der Waals surface area contributed by atoms with Gasteiger partial charge in [0.25, 0.3) is 5.91 Å². The van der Waals surface area contributed by atoms with Gasteiger partial charge in [-0.25, -0.2) is 4.39 Å². The van der Waals surface area contributed by atoms with Crippen molar-refractivity contribution in [1.29, 1.82) is 0 Å². The Kier molecular flexibility index (Phi) is 3.60. The Hall–Kier alpha value is -2.36. The van der Waals surface area contributed by atoms with E-state index in [9.17, 15) is 9.18 Å². The molecule has 3 rings (SSSR count). The predicted molar refractivity (Wildman–Crippen MR) is 80.8 cm³/mol. The average Bonchev–Trinajstić information content (AvgIpc) is 2.96. The molecule has 4 heteroatoms. The topological polar surface area (TPSA) is 32.3 Å². The van der Waals surface area contributed by atoms with Gasteiger partial charge in [-0.05, 0) is 47.9 Å². The van der Waals surface area contributed by atoms with Crippen molar-refractivity contribution < 1.29 is 9.18 Å². The van der Waals surface area contributed by atoms with Gasteiger partial charge in [-0.1, -0.05) is 12.1 Å². The summed E-state index contributed by atoms with van der Waals surface area (Å²) in [5, 5.41) is 3.28. The fourth-order valence-electron chi connectivity index (χ4n) is 2.59. The monoisotopic (exact) mass is 284 g/mol. The standard InChI is InChI=1S/C17H17FN2O/c1-20(11-12-2-5-15(18)6-3-12)17(21)14-4-7-16-13(10-14)8-9-19-16/h2-7,10,19H,8-9,11H2,1H3. The first-order valence-corrected chi connectivity index (χ1v) is 7.00. The van der Waals surface area contributed by atoms with Crippen LogP contribution in [0.3, 0.4) is 0 Å². The maximum atomic E-state index is 12.9. The Morgan fingerprint density at radius 2 is 2.00 bits per heavy atom. The number of nitrogens with one attached hydrogen (secondary N) is 1. The Morgan fingerprint density at radius 1 is 1.24 bits per heavy atom. The summed E-state index contributed by atoms with van der Waals surface area (Å²) in [7, 11) is 1.76. The number of carbonyl (C=O) groups excluding carboxylic acids is 1. The van der Waals surface area contributed by atoms with Crippen molar-refractivity contribution in [3.63, 3.8) is 0 Å². The van der Waals surface area contributed by atoms with Crippen LogP contribution in [0.4, 0.5) is 10.1 Å². The summed E-state index contributed by atoms with van der Waals surface area (Å²) >= 11 is 0. The molecule has 21 heavy (non-hydrogen) atoms. The quantitative estimate of drug-likeness (QED) is 0.939. The molecule has 0 spiro atoms. The van der Waals surface area contributed by atoms with Gasteiger partial charge >= 0.3 is 0 Å². The number of nitrogens with zero attached hydrogens (tertiary/aromatic N) is 1. The third-order valence-electron chi connectivity index (χ3n) is 3.74. The van der Waals surface area contributed by atoms with Crippen LogP contribution in [0.15, 0.2) is 42.5 Å². The smallest absolute Gasteiger partial charge is 0.253 e. The van der Waals surface area contributed by atoms with E-state index in [0.29, 0.717) is 12.1 Å². The van der Waals surface area contributed by atoms with Gasteiger partial charge in [0.05, 0.1) is 0 Å². The summed E-state index contributed by atoms with van der Waals surface area (Å²) in [4.78, 5) is 14.1. The Bertz CT molecular complexity index is 667. The molecule has 0 radical (unpaired) electrons. The van der Waals surface area contributed by atoms with E-state index < -0.39 is 0 Å². The second kappa shape index (κ2) is 5.56. The first kappa shape index (κ1) is 13.6. The van der Waals surface area contributed by atoms with Gasteiger partial charge in [0, 0.05) is 31.4 Å². The number of fused-ring (bicyclic) bond motifs is 1. The minimum atomic E-state index is -0.265. The van der Waals surface area contributed by atoms with E-state index in [1.807, 2.05) is 18.2 Å². The van der Waals surface area contributed by atoms with Gasteiger partial charge in [0.15, 0.2) is 0 Å². The zero-order valence-electron chi connectivity index (χ0n) is 11.9. The van der Waals surface area contributed by atoms with Crippen LogP contribution in [0.25, 0.3) is 0 Å². The lowest BCUT2D eigenvalue weighted by atomic mass is 10.1. The normalized spacial score (nSPS) is 12.7. The van der Waals surface area contributed by atoms with E-state index in [0.717, 1.165) is 24.2 Å². The number of amides is 1. The molecule has 0 saturated heterocycles. The molecule has 2 aromatic carbocycles. The molecule has 0 atom stereocenters. The lowest BCUT2D eigenvalue weighted by Gasteiger charge is -2.18. The van der Waals surface area contributed by atoms with Crippen LogP contribution in [-0.4, -0.2) is 24.4 Å². The molecular formula is C17H17FN2O. The first-order chi connectivity index (χ1) is 10.1. The largest absolute Gasteiger partial charge is 0.384 e. The van der Waals surface area contributed by atoms with Gasteiger partial charge in [0.1, 0.15) is 5.82 Å². The first-order valence-electron chi connectivity index (χ1n) is 7.00. The van der Waals surface area contributed by atoms with E-state index in [-0.39, 0.29) is 11.7 Å². The second-order valence-electron chi connectivity index (χ2n) is 5.34. The van der Waals surface area contributed by atoms with Crippen LogP contribution in [0.1, 0.15) is 21.5 Å². The van der Waals surface area contributed by atoms with E-state index in [4.69, 9.17) is 0 Å². The Labute approximate surface area is 123 Å². The number of carbonyl (C=O) groups is 1. The minimum absolute atomic E-state index is 0.0194. The van der Waals surface area contributed by atoms with E-state index >= 15 is 0 Å². The molecule has 1 amide bonds. The van der Waals surface area contributed by atoms with Gasteiger partial charge in [-0.3, -0.25) is 4.79 Å². The number of hydrogen-bond donors (Lipinski definition) is 1. The molecular weight excluding hydrogens is 267 g/mol. The second-order valence-corrected chi connectivity index (χ2v) is 5.34. The van der Waals surface area contributed by atoms with Crippen LogP contribution in [-0.2, 0) is 13.0 Å². The lowest BCUT2D eigenvalue weighted by molar-refractivity contribution is 0.0785. The average molecular weight is 284 g/mol. The molecule has 0 aliphatic carbocycles. The molecule has 2 aromatic rings.